The van der Waals surface area contributed by atoms with Crippen LogP contribution in [0, 0.1) is 6.92 Å². The average Bonchev–Trinajstić information content (AvgIpc) is 3.44. The van der Waals surface area contributed by atoms with Gasteiger partial charge in [-0.3, -0.25) is 4.90 Å². The molecule has 152 valence electrons. The van der Waals surface area contributed by atoms with Crippen molar-refractivity contribution in [3.8, 4) is 0 Å². The predicted molar refractivity (Wildman–Crippen MR) is 115 cm³/mol. The Labute approximate surface area is 171 Å². The van der Waals surface area contributed by atoms with Crippen molar-refractivity contribution in [2.75, 3.05) is 55.6 Å². The predicted octanol–water partition coefficient (Wildman–Crippen LogP) is 2.89. The summed E-state index contributed by atoms with van der Waals surface area (Å²) in [4.78, 5) is 20.7. The summed E-state index contributed by atoms with van der Waals surface area (Å²) in [6.45, 7) is 9.31. The summed E-state index contributed by atoms with van der Waals surface area (Å²) < 4.78 is 5.60. The van der Waals surface area contributed by atoms with Crippen LogP contribution in [0.15, 0.2) is 35.1 Å². The molecule has 7 nitrogen and oxygen atoms in total. The van der Waals surface area contributed by atoms with Gasteiger partial charge < -0.3 is 14.2 Å². The zero-order valence-corrected chi connectivity index (χ0v) is 17.0. The molecule has 0 aliphatic carbocycles. The molecule has 7 heteroatoms. The van der Waals surface area contributed by atoms with Gasteiger partial charge in [0.05, 0.1) is 11.7 Å². The number of hydrogen-bond donors (Lipinski definition) is 0. The summed E-state index contributed by atoms with van der Waals surface area (Å²) in [6, 6.07) is 6.64. The standard InChI is InChI=1S/C22H28N6O/c1-17-23-15-19(29-17)6-9-26-10-12-27(13-11-26)18-4-5-21-20(14-18)22(25-16-24-21)28-7-2-3-8-28/h4-5,14-16H,2-3,6-13H2,1H3. The molecule has 3 aromatic rings. The van der Waals surface area contributed by atoms with E-state index < -0.39 is 0 Å². The van der Waals surface area contributed by atoms with Gasteiger partial charge in [-0.15, -0.1) is 0 Å². The van der Waals surface area contributed by atoms with E-state index in [-0.39, 0.29) is 0 Å². The zero-order valence-electron chi connectivity index (χ0n) is 17.0. The number of piperazine rings is 1. The molecule has 5 rings (SSSR count). The smallest absolute Gasteiger partial charge is 0.191 e. The molecule has 2 saturated heterocycles. The van der Waals surface area contributed by atoms with Crippen LogP contribution >= 0.6 is 0 Å². The molecule has 2 aliphatic rings. The fourth-order valence-corrected chi connectivity index (χ4v) is 4.43. The van der Waals surface area contributed by atoms with E-state index in [1.54, 1.807) is 6.33 Å². The van der Waals surface area contributed by atoms with Crippen LogP contribution in [0.4, 0.5) is 11.5 Å². The van der Waals surface area contributed by atoms with Gasteiger partial charge in [0, 0.05) is 70.2 Å². The van der Waals surface area contributed by atoms with Crippen molar-refractivity contribution in [2.45, 2.75) is 26.2 Å². The SMILES string of the molecule is Cc1ncc(CCN2CCN(c3ccc4ncnc(N5CCCC5)c4c3)CC2)o1. The first-order valence-electron chi connectivity index (χ1n) is 10.6. The maximum Gasteiger partial charge on any atom is 0.191 e. The van der Waals surface area contributed by atoms with Gasteiger partial charge >= 0.3 is 0 Å². The maximum absolute atomic E-state index is 5.60. The van der Waals surface area contributed by atoms with Crippen molar-refractivity contribution >= 4 is 22.4 Å². The van der Waals surface area contributed by atoms with Crippen LogP contribution in [0.25, 0.3) is 10.9 Å². The molecule has 0 amide bonds. The van der Waals surface area contributed by atoms with Crippen LogP contribution in [0.2, 0.25) is 0 Å². The molecule has 4 heterocycles. The molecule has 0 N–H and O–H groups in total. The minimum Gasteiger partial charge on any atom is -0.446 e. The van der Waals surface area contributed by atoms with Crippen molar-refractivity contribution in [1.82, 2.24) is 19.9 Å². The summed E-state index contributed by atoms with van der Waals surface area (Å²) in [7, 11) is 0. The number of rotatable bonds is 5. The van der Waals surface area contributed by atoms with Crippen molar-refractivity contribution in [1.29, 1.82) is 0 Å². The summed E-state index contributed by atoms with van der Waals surface area (Å²) in [5.41, 5.74) is 2.31. The van der Waals surface area contributed by atoms with Gasteiger partial charge in [-0.25, -0.2) is 15.0 Å². The Morgan fingerprint density at radius 3 is 2.52 bits per heavy atom. The lowest BCUT2D eigenvalue weighted by Gasteiger charge is -2.36. The van der Waals surface area contributed by atoms with Gasteiger partial charge in [0.25, 0.3) is 0 Å². The summed E-state index contributed by atoms with van der Waals surface area (Å²) in [5.74, 6) is 2.82. The fourth-order valence-electron chi connectivity index (χ4n) is 4.43. The van der Waals surface area contributed by atoms with Crippen molar-refractivity contribution in [3.63, 3.8) is 0 Å². The van der Waals surface area contributed by atoms with Crippen LogP contribution in [-0.2, 0) is 6.42 Å². The Morgan fingerprint density at radius 2 is 1.76 bits per heavy atom. The highest BCUT2D eigenvalue weighted by Crippen LogP contribution is 2.30. The minimum absolute atomic E-state index is 0.749. The quantitative estimate of drug-likeness (QED) is 0.662. The Kier molecular flexibility index (Phi) is 5.06. The van der Waals surface area contributed by atoms with E-state index >= 15 is 0 Å². The number of anilines is 2. The normalized spacial score (nSPS) is 18.1. The van der Waals surface area contributed by atoms with E-state index in [1.807, 2.05) is 13.1 Å². The molecule has 1 aromatic carbocycles. The number of fused-ring (bicyclic) bond motifs is 1. The maximum atomic E-state index is 5.60. The van der Waals surface area contributed by atoms with E-state index in [9.17, 15) is 0 Å². The number of benzene rings is 1. The third-order valence-corrected chi connectivity index (χ3v) is 6.08. The van der Waals surface area contributed by atoms with E-state index in [4.69, 9.17) is 4.42 Å². The summed E-state index contributed by atoms with van der Waals surface area (Å²) >= 11 is 0. The second-order valence-electron chi connectivity index (χ2n) is 8.02. The number of aromatic nitrogens is 3. The highest BCUT2D eigenvalue weighted by atomic mass is 16.3. The zero-order chi connectivity index (χ0) is 19.6. The van der Waals surface area contributed by atoms with Crippen LogP contribution in [0.5, 0.6) is 0 Å². The lowest BCUT2D eigenvalue weighted by molar-refractivity contribution is 0.255. The topological polar surface area (TPSA) is 61.5 Å². The first-order chi connectivity index (χ1) is 14.3. The van der Waals surface area contributed by atoms with E-state index in [0.29, 0.717) is 0 Å². The second-order valence-corrected chi connectivity index (χ2v) is 8.02. The molecule has 2 aliphatic heterocycles. The Balaban J connectivity index is 1.26. The Bertz CT molecular complexity index is 972. The molecule has 0 unspecified atom stereocenters. The van der Waals surface area contributed by atoms with E-state index in [1.165, 1.54) is 23.9 Å². The molecule has 29 heavy (non-hydrogen) atoms. The van der Waals surface area contributed by atoms with Gasteiger partial charge in [0.15, 0.2) is 5.89 Å². The van der Waals surface area contributed by atoms with Crippen LogP contribution < -0.4 is 9.80 Å². The van der Waals surface area contributed by atoms with E-state index in [0.717, 1.165) is 75.2 Å². The van der Waals surface area contributed by atoms with Gasteiger partial charge in [0.2, 0.25) is 0 Å². The molecule has 2 aromatic heterocycles. The second kappa shape index (κ2) is 7.99. The van der Waals surface area contributed by atoms with Gasteiger partial charge in [-0.05, 0) is 31.0 Å². The molecular formula is C22H28N6O. The highest BCUT2D eigenvalue weighted by Gasteiger charge is 2.20. The van der Waals surface area contributed by atoms with E-state index in [2.05, 4.69) is 47.9 Å². The van der Waals surface area contributed by atoms with Crippen molar-refractivity contribution in [2.24, 2.45) is 0 Å². The first-order valence-corrected chi connectivity index (χ1v) is 10.6. The molecule has 0 bridgehead atoms. The molecular weight excluding hydrogens is 364 g/mol. The minimum atomic E-state index is 0.749. The molecule has 0 atom stereocenters. The lowest BCUT2D eigenvalue weighted by atomic mass is 10.1. The van der Waals surface area contributed by atoms with Gasteiger partial charge in [-0.1, -0.05) is 0 Å². The number of hydrogen-bond acceptors (Lipinski definition) is 7. The summed E-state index contributed by atoms with van der Waals surface area (Å²) in [5, 5.41) is 1.18. The average molecular weight is 393 g/mol. The number of oxazole rings is 1. The van der Waals surface area contributed by atoms with Gasteiger partial charge in [-0.2, -0.15) is 0 Å². The molecule has 0 spiro atoms. The van der Waals surface area contributed by atoms with Crippen molar-refractivity contribution in [3.05, 3.63) is 42.4 Å². The van der Waals surface area contributed by atoms with Crippen LogP contribution in [-0.4, -0.2) is 65.7 Å². The summed E-state index contributed by atoms with van der Waals surface area (Å²) in [6.07, 6.45) is 6.97. The Hall–Kier alpha value is -2.67. The molecule has 0 saturated carbocycles. The third-order valence-electron chi connectivity index (χ3n) is 6.08. The van der Waals surface area contributed by atoms with Crippen LogP contribution in [0.3, 0.4) is 0 Å². The number of nitrogens with zero attached hydrogens (tertiary/aromatic N) is 6. The monoisotopic (exact) mass is 392 g/mol. The molecule has 0 radical (unpaired) electrons. The highest BCUT2D eigenvalue weighted by molar-refractivity contribution is 5.92. The Morgan fingerprint density at radius 1 is 0.931 bits per heavy atom. The van der Waals surface area contributed by atoms with Crippen LogP contribution in [0.1, 0.15) is 24.5 Å². The number of aryl methyl sites for hydroxylation is 1. The fraction of sp³-hybridized carbons (Fsp3) is 0.500. The lowest BCUT2D eigenvalue weighted by Crippen LogP contribution is -2.47. The van der Waals surface area contributed by atoms with Gasteiger partial charge in [0.1, 0.15) is 17.9 Å². The molecule has 2 fully saturated rings. The van der Waals surface area contributed by atoms with Crippen molar-refractivity contribution < 1.29 is 4.42 Å². The third kappa shape index (κ3) is 3.92. The largest absolute Gasteiger partial charge is 0.446 e. The first kappa shape index (κ1) is 18.4.